The molecule has 0 amide bonds. The van der Waals surface area contributed by atoms with Gasteiger partial charge in [0.2, 0.25) is 0 Å². The van der Waals surface area contributed by atoms with E-state index in [2.05, 4.69) is 9.89 Å². The fourth-order valence-corrected chi connectivity index (χ4v) is 3.50. The summed E-state index contributed by atoms with van der Waals surface area (Å²) in [6.45, 7) is 2.52. The minimum absolute atomic E-state index is 0.273. The van der Waals surface area contributed by atoms with Crippen LogP contribution in [0.2, 0.25) is 0 Å². The van der Waals surface area contributed by atoms with Crippen molar-refractivity contribution in [3.8, 4) is 12.1 Å². The molecule has 0 N–H and O–H groups in total. The Kier molecular flexibility index (Phi) is 5.88. The first-order valence-corrected chi connectivity index (χ1v) is 9.12. The van der Waals surface area contributed by atoms with E-state index in [1.165, 1.54) is 18.6 Å². The number of halogens is 1. The zero-order valence-corrected chi connectivity index (χ0v) is 15.4. The summed E-state index contributed by atoms with van der Waals surface area (Å²) in [5.41, 5.74) is 3.24. The Bertz CT molecular complexity index is 878. The normalized spacial score (nSPS) is 14.9. The monoisotopic (exact) mass is 363 g/mol. The maximum Gasteiger partial charge on any atom is 0.176 e. The smallest absolute Gasteiger partial charge is 0.176 e. The Hall–Kier alpha value is -3.12. The van der Waals surface area contributed by atoms with E-state index in [9.17, 15) is 14.9 Å². The summed E-state index contributed by atoms with van der Waals surface area (Å²) in [5.74, 6) is -1.20. The second-order valence-electron chi connectivity index (χ2n) is 6.69. The molecule has 2 heterocycles. The molecule has 0 aliphatic carbocycles. The van der Waals surface area contributed by atoms with Gasteiger partial charge in [-0.15, -0.1) is 0 Å². The van der Waals surface area contributed by atoms with Crippen LogP contribution in [-0.2, 0) is 6.54 Å². The molecule has 6 heteroatoms. The molecular weight excluding hydrogens is 341 g/mol. The Balaban J connectivity index is 2.00. The van der Waals surface area contributed by atoms with Crippen LogP contribution in [0.5, 0.6) is 0 Å². The van der Waals surface area contributed by atoms with Crippen LogP contribution in [0, 0.1) is 34.4 Å². The molecule has 2 aromatic rings. The van der Waals surface area contributed by atoms with Crippen LogP contribution < -0.4 is 4.90 Å². The molecule has 1 aliphatic heterocycles. The van der Waals surface area contributed by atoms with Gasteiger partial charge in [-0.3, -0.25) is 4.99 Å². The molecule has 3 rings (SSSR count). The van der Waals surface area contributed by atoms with E-state index in [1.54, 1.807) is 19.2 Å². The van der Waals surface area contributed by atoms with Gasteiger partial charge in [0.15, 0.2) is 5.92 Å². The number of rotatable bonds is 5. The zero-order chi connectivity index (χ0) is 19.2. The van der Waals surface area contributed by atoms with Crippen molar-refractivity contribution in [2.75, 3.05) is 25.0 Å². The Morgan fingerprint density at radius 2 is 1.81 bits per heavy atom. The third kappa shape index (κ3) is 4.17. The van der Waals surface area contributed by atoms with Gasteiger partial charge in [0.25, 0.3) is 0 Å². The number of anilines is 1. The number of hydrogen-bond acceptors (Lipinski definition) is 4. The third-order valence-electron chi connectivity index (χ3n) is 4.90. The maximum absolute atomic E-state index is 13.2. The molecule has 1 fully saturated rings. The molecule has 0 spiro atoms. The molecule has 27 heavy (non-hydrogen) atoms. The van der Waals surface area contributed by atoms with Crippen molar-refractivity contribution >= 4 is 11.4 Å². The van der Waals surface area contributed by atoms with E-state index < -0.39 is 5.92 Å². The summed E-state index contributed by atoms with van der Waals surface area (Å²) in [6.07, 6.45) is 5.60. The average Bonchev–Trinajstić information content (AvgIpc) is 3.12. The lowest BCUT2D eigenvalue weighted by Gasteiger charge is -2.27. The first kappa shape index (κ1) is 18.7. The summed E-state index contributed by atoms with van der Waals surface area (Å²) in [6, 6.07) is 12.4. The second kappa shape index (κ2) is 8.51. The van der Waals surface area contributed by atoms with Gasteiger partial charge in [-0.05, 0) is 43.0 Å². The van der Waals surface area contributed by atoms with Crippen LogP contribution in [0.25, 0.3) is 0 Å². The van der Waals surface area contributed by atoms with Gasteiger partial charge in [0, 0.05) is 32.9 Å². The van der Waals surface area contributed by atoms with Crippen molar-refractivity contribution in [3.63, 3.8) is 0 Å². The third-order valence-corrected chi connectivity index (χ3v) is 4.90. The highest BCUT2D eigenvalue weighted by Crippen LogP contribution is 2.25. The van der Waals surface area contributed by atoms with Gasteiger partial charge >= 0.3 is 0 Å². The number of nitrogens with zero attached hydrogens (tertiary/aromatic N) is 5. The van der Waals surface area contributed by atoms with Crippen LogP contribution >= 0.6 is 0 Å². The van der Waals surface area contributed by atoms with E-state index in [0.717, 1.165) is 42.9 Å². The minimum Gasteiger partial charge on any atom is -0.370 e. The van der Waals surface area contributed by atoms with Crippen LogP contribution in [-0.4, -0.2) is 30.4 Å². The molecule has 1 aliphatic rings. The van der Waals surface area contributed by atoms with Crippen LogP contribution in [0.15, 0.2) is 41.5 Å². The molecule has 0 unspecified atom stereocenters. The van der Waals surface area contributed by atoms with Crippen LogP contribution in [0.1, 0.15) is 30.5 Å². The average molecular weight is 363 g/mol. The number of benzene rings is 1. The van der Waals surface area contributed by atoms with Crippen molar-refractivity contribution in [2.45, 2.75) is 25.8 Å². The Morgan fingerprint density at radius 1 is 1.15 bits per heavy atom. The number of aliphatic imine (C=N–C) groups is 1. The second-order valence-corrected chi connectivity index (χ2v) is 6.69. The molecule has 0 saturated carbocycles. The molecule has 0 radical (unpaired) electrons. The minimum atomic E-state index is -0.925. The number of aromatic nitrogens is 1. The van der Waals surface area contributed by atoms with Gasteiger partial charge in [-0.25, -0.2) is 4.39 Å². The highest BCUT2D eigenvalue weighted by molar-refractivity contribution is 6.04. The first-order chi connectivity index (χ1) is 13.2. The number of hydrogen-bond donors (Lipinski definition) is 0. The van der Waals surface area contributed by atoms with Crippen molar-refractivity contribution in [1.29, 1.82) is 10.5 Å². The fraction of sp³-hybridized carbons (Fsp3) is 0.381. The molecule has 1 aromatic carbocycles. The highest BCUT2D eigenvalue weighted by Gasteiger charge is 2.23. The summed E-state index contributed by atoms with van der Waals surface area (Å²) in [4.78, 5) is 6.58. The topological polar surface area (TPSA) is 68.1 Å². The van der Waals surface area contributed by atoms with Crippen molar-refractivity contribution in [2.24, 2.45) is 10.9 Å². The molecule has 1 aromatic heterocycles. The van der Waals surface area contributed by atoms with Gasteiger partial charge in [0.05, 0.1) is 29.2 Å². The van der Waals surface area contributed by atoms with Crippen molar-refractivity contribution < 1.29 is 4.39 Å². The lowest BCUT2D eigenvalue weighted by Crippen LogP contribution is -2.28. The predicted molar refractivity (Wildman–Crippen MR) is 103 cm³/mol. The van der Waals surface area contributed by atoms with Crippen LogP contribution in [0.4, 0.5) is 10.1 Å². The van der Waals surface area contributed by atoms with Gasteiger partial charge in [0.1, 0.15) is 5.82 Å². The van der Waals surface area contributed by atoms with Gasteiger partial charge in [-0.2, -0.15) is 10.5 Å². The maximum atomic E-state index is 13.2. The molecule has 138 valence electrons. The lowest BCUT2D eigenvalue weighted by atomic mass is 10.0. The van der Waals surface area contributed by atoms with Gasteiger partial charge < -0.3 is 9.47 Å². The number of nitriles is 2. The summed E-state index contributed by atoms with van der Waals surface area (Å²) in [5, 5.41) is 18.7. The number of piperidine rings is 1. The highest BCUT2D eigenvalue weighted by atomic mass is 19.1. The van der Waals surface area contributed by atoms with E-state index in [4.69, 9.17) is 0 Å². The van der Waals surface area contributed by atoms with E-state index in [1.807, 2.05) is 29.0 Å². The summed E-state index contributed by atoms with van der Waals surface area (Å²) >= 11 is 0. The lowest BCUT2D eigenvalue weighted by molar-refractivity contribution is 0.577. The Labute approximate surface area is 159 Å². The quantitative estimate of drug-likeness (QED) is 0.760. The molecule has 0 bridgehead atoms. The zero-order valence-electron chi connectivity index (χ0n) is 15.4. The Morgan fingerprint density at radius 3 is 2.41 bits per heavy atom. The molecular formula is C21H22FN5. The standard InChI is InChI=1S/C21H22FN5/c1-25-21(17(12-23)13-24)20-11-19(26-9-3-2-4-10-26)15-27(20)14-16-5-7-18(22)8-6-16/h5-8,11,15,17H,2-4,9-10,14H2,1H3. The van der Waals surface area contributed by atoms with E-state index in [-0.39, 0.29) is 5.82 Å². The first-order valence-electron chi connectivity index (χ1n) is 9.12. The molecule has 0 atom stereocenters. The van der Waals surface area contributed by atoms with Crippen molar-refractivity contribution in [3.05, 3.63) is 53.6 Å². The summed E-state index contributed by atoms with van der Waals surface area (Å²) in [7, 11) is 1.60. The van der Waals surface area contributed by atoms with E-state index in [0.29, 0.717) is 12.3 Å². The van der Waals surface area contributed by atoms with Crippen molar-refractivity contribution in [1.82, 2.24) is 4.57 Å². The molecule has 5 nitrogen and oxygen atoms in total. The fourth-order valence-electron chi connectivity index (χ4n) is 3.50. The largest absolute Gasteiger partial charge is 0.370 e. The molecule has 1 saturated heterocycles. The predicted octanol–water partition coefficient (Wildman–Crippen LogP) is 3.75. The van der Waals surface area contributed by atoms with Crippen LogP contribution in [0.3, 0.4) is 0 Å². The SMILES string of the molecule is CN=C(c1cc(N2CCCCC2)cn1Cc1ccc(F)cc1)C(C#N)C#N. The van der Waals surface area contributed by atoms with Gasteiger partial charge in [-0.1, -0.05) is 12.1 Å². The summed E-state index contributed by atoms with van der Waals surface area (Å²) < 4.78 is 15.2. The van der Waals surface area contributed by atoms with E-state index >= 15 is 0 Å².